The van der Waals surface area contributed by atoms with Gasteiger partial charge in [-0.25, -0.2) is 4.98 Å². The molecule has 2 rings (SSSR count). The van der Waals surface area contributed by atoms with Crippen molar-refractivity contribution in [1.29, 1.82) is 0 Å². The summed E-state index contributed by atoms with van der Waals surface area (Å²) in [5, 5.41) is 2.05. The van der Waals surface area contributed by atoms with E-state index in [0.717, 1.165) is 0 Å². The summed E-state index contributed by atoms with van der Waals surface area (Å²) >= 11 is 3.67. The second-order valence-corrected chi connectivity index (χ2v) is 5.87. The lowest BCUT2D eigenvalue weighted by molar-refractivity contribution is 0.197. The molecule has 3 heteroatoms. The molecule has 1 aliphatic carbocycles. The quantitative estimate of drug-likeness (QED) is 0.692. The molecule has 1 heterocycles. The van der Waals surface area contributed by atoms with E-state index in [2.05, 4.69) is 11.9 Å². The summed E-state index contributed by atoms with van der Waals surface area (Å²) in [4.78, 5) is 4.26. The maximum atomic E-state index is 4.26. The van der Waals surface area contributed by atoms with Crippen LogP contribution in [0.25, 0.3) is 0 Å². The summed E-state index contributed by atoms with van der Waals surface area (Å²) in [6.07, 6.45) is 6.13. The fourth-order valence-corrected chi connectivity index (χ4v) is 3.31. The maximum absolute atomic E-state index is 4.26. The molecule has 1 saturated carbocycles. The Morgan fingerprint density at radius 1 is 1.67 bits per heavy atom. The molecule has 0 atom stereocenters. The second-order valence-electron chi connectivity index (χ2n) is 3.75. The fraction of sp³-hybridized carbons (Fsp3) is 0.667. The van der Waals surface area contributed by atoms with Crippen molar-refractivity contribution in [3.8, 4) is 0 Å². The number of hydrogen-bond donors (Lipinski definition) is 0. The Labute approximate surface area is 81.6 Å². The molecule has 0 radical (unpaired) electrons. The van der Waals surface area contributed by atoms with Gasteiger partial charge in [0.15, 0.2) is 0 Å². The Bertz CT molecular complexity index is 239. The van der Waals surface area contributed by atoms with Gasteiger partial charge in [0.2, 0.25) is 0 Å². The van der Waals surface area contributed by atoms with Gasteiger partial charge < -0.3 is 0 Å². The van der Waals surface area contributed by atoms with Gasteiger partial charge in [0, 0.05) is 17.3 Å². The van der Waals surface area contributed by atoms with E-state index >= 15 is 0 Å². The number of hydrogen-bond acceptors (Lipinski definition) is 3. The number of nitrogens with zero attached hydrogens (tertiary/aromatic N) is 1. The predicted octanol–water partition coefficient (Wildman–Crippen LogP) is 3.43. The lowest BCUT2D eigenvalue weighted by Gasteiger charge is -2.37. The van der Waals surface area contributed by atoms with E-state index in [9.17, 15) is 0 Å². The summed E-state index contributed by atoms with van der Waals surface area (Å²) in [5.74, 6) is 1.25. The van der Waals surface area contributed by atoms with Crippen LogP contribution in [0.5, 0.6) is 0 Å². The molecular weight excluding hydrogens is 186 g/mol. The van der Waals surface area contributed by atoms with Gasteiger partial charge in [0.1, 0.15) is 4.34 Å². The third-order valence-corrected chi connectivity index (χ3v) is 4.92. The minimum atomic E-state index is 0.621. The zero-order valence-electron chi connectivity index (χ0n) is 7.25. The third kappa shape index (κ3) is 1.83. The molecule has 1 aromatic rings. The Hall–Kier alpha value is -0.0200. The van der Waals surface area contributed by atoms with Gasteiger partial charge in [-0.3, -0.25) is 0 Å². The average molecular weight is 199 g/mol. The molecule has 1 nitrogen and oxygen atoms in total. The van der Waals surface area contributed by atoms with Crippen LogP contribution < -0.4 is 0 Å². The van der Waals surface area contributed by atoms with Crippen LogP contribution in [0.3, 0.4) is 0 Å². The van der Waals surface area contributed by atoms with E-state index in [1.807, 2.05) is 23.3 Å². The Morgan fingerprint density at radius 3 is 3.00 bits per heavy atom. The molecule has 12 heavy (non-hydrogen) atoms. The smallest absolute Gasteiger partial charge is 0.149 e. The minimum absolute atomic E-state index is 0.621. The summed E-state index contributed by atoms with van der Waals surface area (Å²) in [7, 11) is 0. The van der Waals surface area contributed by atoms with E-state index in [4.69, 9.17) is 0 Å². The van der Waals surface area contributed by atoms with E-state index in [1.54, 1.807) is 11.3 Å². The molecule has 0 unspecified atom stereocenters. The maximum Gasteiger partial charge on any atom is 0.149 e. The molecule has 0 N–H and O–H groups in total. The summed E-state index contributed by atoms with van der Waals surface area (Å²) in [5.41, 5.74) is 0.621. The van der Waals surface area contributed by atoms with Crippen molar-refractivity contribution < 1.29 is 0 Å². The highest BCUT2D eigenvalue weighted by molar-refractivity contribution is 8.01. The van der Waals surface area contributed by atoms with Crippen LogP contribution in [0, 0.1) is 5.41 Å². The van der Waals surface area contributed by atoms with Gasteiger partial charge in [0.05, 0.1) is 0 Å². The Kier molecular flexibility index (Phi) is 2.42. The SMILES string of the molecule is CC1(CSc2nccs2)CCC1. The summed E-state index contributed by atoms with van der Waals surface area (Å²) in [6, 6.07) is 0. The van der Waals surface area contributed by atoms with Gasteiger partial charge in [0.25, 0.3) is 0 Å². The van der Waals surface area contributed by atoms with Gasteiger partial charge in [-0.15, -0.1) is 11.3 Å². The van der Waals surface area contributed by atoms with E-state index in [1.165, 1.54) is 29.4 Å². The average Bonchev–Trinajstić information content (AvgIpc) is 2.49. The van der Waals surface area contributed by atoms with Crippen molar-refractivity contribution in [3.05, 3.63) is 11.6 Å². The van der Waals surface area contributed by atoms with E-state index < -0.39 is 0 Å². The molecule has 66 valence electrons. The first-order valence-corrected chi connectivity index (χ1v) is 6.17. The molecule has 1 aliphatic rings. The molecule has 0 amide bonds. The van der Waals surface area contributed by atoms with Crippen LogP contribution in [-0.4, -0.2) is 10.7 Å². The molecule has 0 bridgehead atoms. The van der Waals surface area contributed by atoms with Gasteiger partial charge in [-0.2, -0.15) is 0 Å². The van der Waals surface area contributed by atoms with Crippen LogP contribution in [0.15, 0.2) is 15.9 Å². The van der Waals surface area contributed by atoms with Crippen molar-refractivity contribution in [3.63, 3.8) is 0 Å². The lowest BCUT2D eigenvalue weighted by Crippen LogP contribution is -2.27. The highest BCUT2D eigenvalue weighted by Crippen LogP contribution is 2.44. The first-order valence-electron chi connectivity index (χ1n) is 4.31. The zero-order chi connectivity index (χ0) is 8.44. The molecule has 1 fully saturated rings. The Balaban J connectivity index is 1.82. The Morgan fingerprint density at radius 2 is 2.50 bits per heavy atom. The standard InChI is InChI=1S/C9H13NS2/c1-9(3-2-4-9)7-12-8-10-5-6-11-8/h5-6H,2-4,7H2,1H3. The molecule has 0 saturated heterocycles. The second kappa shape index (κ2) is 3.38. The number of thioether (sulfide) groups is 1. The summed E-state index contributed by atoms with van der Waals surface area (Å²) < 4.78 is 1.23. The molecule has 1 aromatic heterocycles. The fourth-order valence-electron chi connectivity index (χ4n) is 1.44. The van der Waals surface area contributed by atoms with Crippen molar-refractivity contribution >= 4 is 23.1 Å². The van der Waals surface area contributed by atoms with Crippen LogP contribution in [-0.2, 0) is 0 Å². The first kappa shape index (κ1) is 8.57. The monoisotopic (exact) mass is 199 g/mol. The summed E-state index contributed by atoms with van der Waals surface area (Å²) in [6.45, 7) is 2.39. The molecular formula is C9H13NS2. The molecule has 0 spiro atoms. The van der Waals surface area contributed by atoms with Gasteiger partial charge in [-0.05, 0) is 18.3 Å². The predicted molar refractivity (Wildman–Crippen MR) is 54.8 cm³/mol. The number of rotatable bonds is 3. The molecule has 0 aromatic carbocycles. The van der Waals surface area contributed by atoms with E-state index in [-0.39, 0.29) is 0 Å². The van der Waals surface area contributed by atoms with Crippen molar-refractivity contribution in [1.82, 2.24) is 4.98 Å². The van der Waals surface area contributed by atoms with Crippen molar-refractivity contribution in [2.24, 2.45) is 5.41 Å². The van der Waals surface area contributed by atoms with Gasteiger partial charge >= 0.3 is 0 Å². The highest BCUT2D eigenvalue weighted by atomic mass is 32.2. The number of thiazole rings is 1. The number of aromatic nitrogens is 1. The first-order chi connectivity index (χ1) is 5.79. The van der Waals surface area contributed by atoms with Crippen LogP contribution in [0.1, 0.15) is 26.2 Å². The topological polar surface area (TPSA) is 12.9 Å². The van der Waals surface area contributed by atoms with Crippen molar-refractivity contribution in [2.75, 3.05) is 5.75 Å². The highest BCUT2D eigenvalue weighted by Gasteiger charge is 2.31. The molecule has 0 aliphatic heterocycles. The van der Waals surface area contributed by atoms with Gasteiger partial charge in [-0.1, -0.05) is 25.1 Å². The minimum Gasteiger partial charge on any atom is -0.238 e. The van der Waals surface area contributed by atoms with Crippen molar-refractivity contribution in [2.45, 2.75) is 30.5 Å². The van der Waals surface area contributed by atoms with E-state index in [0.29, 0.717) is 5.41 Å². The lowest BCUT2D eigenvalue weighted by atomic mass is 9.72. The largest absolute Gasteiger partial charge is 0.238 e. The normalized spacial score (nSPS) is 20.4. The van der Waals surface area contributed by atoms with Crippen LogP contribution in [0.4, 0.5) is 0 Å². The zero-order valence-corrected chi connectivity index (χ0v) is 8.88. The third-order valence-electron chi connectivity index (χ3n) is 2.51. The van der Waals surface area contributed by atoms with Crippen LogP contribution in [0.2, 0.25) is 0 Å². The van der Waals surface area contributed by atoms with Crippen LogP contribution >= 0.6 is 23.1 Å².